The number of Topliss-reactive ketones (excluding diaryl/α,β-unsaturated/α-hetero) is 1. The second-order valence-corrected chi connectivity index (χ2v) is 15.6. The van der Waals surface area contributed by atoms with Gasteiger partial charge < -0.3 is 4.74 Å². The fourth-order valence-electron chi connectivity index (χ4n) is 10.1. The Morgan fingerprint density at radius 2 is 1.65 bits per heavy atom. The van der Waals surface area contributed by atoms with Crippen LogP contribution in [0.5, 0.6) is 0 Å². The largest absolute Gasteiger partial charge is 0.469 e. The van der Waals surface area contributed by atoms with Crippen LogP contribution in [0.2, 0.25) is 0 Å². The van der Waals surface area contributed by atoms with Gasteiger partial charge in [0.2, 0.25) is 0 Å². The van der Waals surface area contributed by atoms with Crippen molar-refractivity contribution < 1.29 is 26.9 Å². The van der Waals surface area contributed by atoms with E-state index in [1.165, 1.54) is 7.11 Å². The Labute approximate surface area is 241 Å². The number of hydrogen-bond acceptors (Lipinski definition) is 6. The summed E-state index contributed by atoms with van der Waals surface area (Å²) >= 11 is 0. The number of carbonyl (C=O) groups excluding carboxylic acids is 2. The summed E-state index contributed by atoms with van der Waals surface area (Å²) in [6, 6.07) is 6.81. The number of carbonyl (C=O) groups is 2. The Bertz CT molecular complexity index is 1220. The zero-order valence-corrected chi connectivity index (χ0v) is 26.0. The van der Waals surface area contributed by atoms with Crippen LogP contribution in [0.3, 0.4) is 0 Å². The van der Waals surface area contributed by atoms with Gasteiger partial charge in [0.25, 0.3) is 10.1 Å². The lowest BCUT2D eigenvalue weighted by atomic mass is 9.42. The summed E-state index contributed by atoms with van der Waals surface area (Å²) in [5, 5.41) is 0. The number of methoxy groups -OCH3 is 1. The van der Waals surface area contributed by atoms with Gasteiger partial charge in [-0.1, -0.05) is 45.4 Å². The molecule has 4 aliphatic carbocycles. The minimum absolute atomic E-state index is 0.00375. The molecule has 4 aliphatic rings. The van der Waals surface area contributed by atoms with Gasteiger partial charge in [0.15, 0.2) is 0 Å². The van der Waals surface area contributed by atoms with Gasteiger partial charge in [-0.25, -0.2) is 0 Å². The van der Waals surface area contributed by atoms with E-state index in [1.807, 2.05) is 6.92 Å². The molecule has 4 fully saturated rings. The lowest BCUT2D eigenvalue weighted by Crippen LogP contribution is -2.60. The third-order valence-electron chi connectivity index (χ3n) is 12.2. The molecule has 0 bridgehead atoms. The molecule has 222 valence electrons. The van der Waals surface area contributed by atoms with E-state index in [0.717, 1.165) is 44.1 Å². The van der Waals surface area contributed by atoms with Gasteiger partial charge >= 0.3 is 5.97 Å². The highest BCUT2D eigenvalue weighted by Crippen LogP contribution is 2.68. The van der Waals surface area contributed by atoms with E-state index in [1.54, 1.807) is 24.3 Å². The number of esters is 1. The van der Waals surface area contributed by atoms with Gasteiger partial charge in [0.1, 0.15) is 5.78 Å². The summed E-state index contributed by atoms with van der Waals surface area (Å²) in [5.41, 5.74) is 1.07. The monoisotopic (exact) mass is 572 g/mol. The molecule has 0 aliphatic heterocycles. The first kappa shape index (κ1) is 29.8. The molecule has 0 radical (unpaired) electrons. The second kappa shape index (κ2) is 10.8. The van der Waals surface area contributed by atoms with E-state index in [2.05, 4.69) is 27.7 Å². The molecular formula is C33H48O6S. The number of rotatable bonds is 7. The molecule has 10 atom stereocenters. The van der Waals surface area contributed by atoms with Crippen molar-refractivity contribution in [3.05, 3.63) is 29.8 Å². The zero-order chi connectivity index (χ0) is 29.0. The molecule has 40 heavy (non-hydrogen) atoms. The molecular weight excluding hydrogens is 524 g/mol. The first-order valence-corrected chi connectivity index (χ1v) is 16.9. The number of hydrogen-bond donors (Lipinski definition) is 0. The molecule has 5 rings (SSSR count). The number of benzene rings is 1. The van der Waals surface area contributed by atoms with Crippen molar-refractivity contribution in [2.24, 2.45) is 52.3 Å². The van der Waals surface area contributed by atoms with Crippen molar-refractivity contribution in [3.63, 3.8) is 0 Å². The summed E-state index contributed by atoms with van der Waals surface area (Å²) < 4.78 is 37.1. The van der Waals surface area contributed by atoms with Crippen molar-refractivity contribution in [3.8, 4) is 0 Å². The molecule has 0 spiro atoms. The van der Waals surface area contributed by atoms with Gasteiger partial charge in [-0.2, -0.15) is 8.42 Å². The van der Waals surface area contributed by atoms with Crippen molar-refractivity contribution in [1.82, 2.24) is 0 Å². The predicted molar refractivity (Wildman–Crippen MR) is 154 cm³/mol. The summed E-state index contributed by atoms with van der Waals surface area (Å²) in [6.07, 6.45) is 7.28. The maximum atomic E-state index is 14.4. The van der Waals surface area contributed by atoms with E-state index in [9.17, 15) is 18.0 Å². The van der Waals surface area contributed by atoms with Crippen molar-refractivity contribution >= 4 is 21.9 Å². The topological polar surface area (TPSA) is 86.7 Å². The van der Waals surface area contributed by atoms with Crippen LogP contribution < -0.4 is 0 Å². The van der Waals surface area contributed by atoms with Crippen LogP contribution >= 0.6 is 0 Å². The molecule has 1 aromatic carbocycles. The summed E-state index contributed by atoms with van der Waals surface area (Å²) in [5.74, 6) is 1.75. The highest BCUT2D eigenvalue weighted by Gasteiger charge is 2.65. The van der Waals surface area contributed by atoms with Crippen molar-refractivity contribution in [2.75, 3.05) is 7.11 Å². The summed E-state index contributed by atoms with van der Waals surface area (Å²) in [7, 11) is -2.40. The Hall–Kier alpha value is -1.73. The number of ketones is 1. The minimum atomic E-state index is -3.86. The summed E-state index contributed by atoms with van der Waals surface area (Å²) in [4.78, 5) is 26.7. The molecule has 1 aromatic rings. The van der Waals surface area contributed by atoms with Crippen molar-refractivity contribution in [2.45, 2.75) is 103 Å². The fourth-order valence-corrected chi connectivity index (χ4v) is 11.2. The third kappa shape index (κ3) is 4.87. The molecule has 4 saturated carbocycles. The van der Waals surface area contributed by atoms with Gasteiger partial charge in [-0.3, -0.25) is 13.8 Å². The second-order valence-electron chi connectivity index (χ2n) is 14.0. The average molecular weight is 573 g/mol. The Balaban J connectivity index is 1.37. The van der Waals surface area contributed by atoms with E-state index in [0.29, 0.717) is 42.8 Å². The molecule has 0 aromatic heterocycles. The van der Waals surface area contributed by atoms with Crippen LogP contribution in [0.25, 0.3) is 0 Å². The smallest absolute Gasteiger partial charge is 0.305 e. The van der Waals surface area contributed by atoms with E-state index >= 15 is 0 Å². The van der Waals surface area contributed by atoms with E-state index < -0.39 is 16.2 Å². The molecule has 0 saturated heterocycles. The fraction of sp³-hybridized carbons (Fsp3) is 0.758. The molecule has 0 N–H and O–H groups in total. The first-order chi connectivity index (χ1) is 18.9. The van der Waals surface area contributed by atoms with E-state index in [-0.39, 0.29) is 45.4 Å². The maximum absolute atomic E-state index is 14.4. The maximum Gasteiger partial charge on any atom is 0.305 e. The van der Waals surface area contributed by atoms with Gasteiger partial charge in [0.05, 0.1) is 18.1 Å². The van der Waals surface area contributed by atoms with Gasteiger partial charge in [0, 0.05) is 18.3 Å². The summed E-state index contributed by atoms with van der Waals surface area (Å²) in [6.45, 7) is 11.0. The Morgan fingerprint density at radius 1 is 1.00 bits per heavy atom. The number of fused-ring (bicyclic) bond motifs is 5. The zero-order valence-electron chi connectivity index (χ0n) is 25.1. The highest BCUT2D eigenvalue weighted by molar-refractivity contribution is 7.86. The van der Waals surface area contributed by atoms with Crippen LogP contribution in [0.4, 0.5) is 0 Å². The standard InChI is InChI=1S/C33H48O6S/c1-7-24-28-19-22(39-40(36,37)23-10-8-20(2)9-11-23)14-16-33(28,5)27-15-17-32(4)25(21(3)18-29(34)38-6)12-13-26(32)30(27)31(24)35/h8-11,21-22,24-28,30H,7,12-19H2,1-6H3/t21-,22-,24-,25-,26?,27?,28+,30?,32-,33-/m1/s1. The van der Waals surface area contributed by atoms with Crippen LogP contribution in [0.1, 0.15) is 91.0 Å². The molecule has 0 heterocycles. The molecule has 7 heteroatoms. The SMILES string of the molecule is CC[C@H]1C(=O)C2C3CC[C@H]([C@H](C)CC(=O)OC)[C@@]3(C)CCC2[C@@]2(C)CC[C@@H](OS(=O)(=O)c3ccc(C)cc3)C[C@@H]12. The Kier molecular flexibility index (Phi) is 8.06. The third-order valence-corrected chi connectivity index (χ3v) is 13.5. The average Bonchev–Trinajstić information content (AvgIpc) is 3.27. The minimum Gasteiger partial charge on any atom is -0.469 e. The Morgan fingerprint density at radius 3 is 2.30 bits per heavy atom. The predicted octanol–water partition coefficient (Wildman–Crippen LogP) is 6.74. The van der Waals surface area contributed by atoms with Crippen LogP contribution in [0.15, 0.2) is 29.2 Å². The van der Waals surface area contributed by atoms with Crippen LogP contribution in [-0.2, 0) is 28.6 Å². The normalized spacial score (nSPS) is 40.0. The van der Waals surface area contributed by atoms with Gasteiger partial charge in [-0.05, 0) is 111 Å². The van der Waals surface area contributed by atoms with Crippen LogP contribution in [0, 0.1) is 59.2 Å². The molecule has 0 amide bonds. The number of aryl methyl sites for hydroxylation is 1. The lowest BCUT2D eigenvalue weighted by Gasteiger charge is -2.62. The van der Waals surface area contributed by atoms with Gasteiger partial charge in [-0.15, -0.1) is 0 Å². The highest BCUT2D eigenvalue weighted by atomic mass is 32.2. The van der Waals surface area contributed by atoms with E-state index in [4.69, 9.17) is 8.92 Å². The van der Waals surface area contributed by atoms with Crippen LogP contribution in [-0.4, -0.2) is 33.4 Å². The lowest BCUT2D eigenvalue weighted by molar-refractivity contribution is -0.172. The number of ether oxygens (including phenoxy) is 1. The first-order valence-electron chi connectivity index (χ1n) is 15.5. The van der Waals surface area contributed by atoms with Crippen molar-refractivity contribution in [1.29, 1.82) is 0 Å². The quantitative estimate of drug-likeness (QED) is 0.266. The molecule has 6 nitrogen and oxygen atoms in total. The molecule has 3 unspecified atom stereocenters.